The molecule has 1 aliphatic carbocycles. The van der Waals surface area contributed by atoms with Crippen LogP contribution < -0.4 is 5.32 Å². The van der Waals surface area contributed by atoms with Gasteiger partial charge in [0.05, 0.1) is 11.9 Å². The number of benzene rings is 1. The van der Waals surface area contributed by atoms with Gasteiger partial charge in [-0.1, -0.05) is 25.3 Å². The fourth-order valence-corrected chi connectivity index (χ4v) is 3.56. The summed E-state index contributed by atoms with van der Waals surface area (Å²) in [7, 11) is 0. The molecule has 25 heavy (non-hydrogen) atoms. The van der Waals surface area contributed by atoms with E-state index in [9.17, 15) is 14.0 Å². The Morgan fingerprint density at radius 1 is 1.28 bits per heavy atom. The number of hydrogen-bond donors (Lipinski definition) is 1. The van der Waals surface area contributed by atoms with Crippen molar-refractivity contribution in [2.24, 2.45) is 0 Å². The Morgan fingerprint density at radius 3 is 2.72 bits per heavy atom. The molecule has 0 bridgehead atoms. The van der Waals surface area contributed by atoms with Crippen molar-refractivity contribution in [1.82, 2.24) is 5.32 Å². The molecule has 1 N–H and O–H groups in total. The molecule has 0 aliphatic heterocycles. The van der Waals surface area contributed by atoms with E-state index in [2.05, 4.69) is 5.32 Å². The van der Waals surface area contributed by atoms with Crippen LogP contribution in [0.2, 0.25) is 0 Å². The first-order valence-corrected chi connectivity index (χ1v) is 9.86. The monoisotopic (exact) mass is 367 g/mol. The van der Waals surface area contributed by atoms with Crippen molar-refractivity contribution in [2.45, 2.75) is 56.4 Å². The highest BCUT2D eigenvalue weighted by atomic mass is 32.2. The van der Waals surface area contributed by atoms with Crippen LogP contribution in [-0.4, -0.2) is 36.7 Å². The SMILES string of the molecule is CC(=O)c1ccc(SCC(=O)NCCCOC2CCCCC2)c(F)c1. The van der Waals surface area contributed by atoms with Crippen LogP contribution in [0.3, 0.4) is 0 Å². The second-order valence-electron chi connectivity index (χ2n) is 6.32. The van der Waals surface area contributed by atoms with E-state index in [-0.39, 0.29) is 17.4 Å². The van der Waals surface area contributed by atoms with Gasteiger partial charge in [0.25, 0.3) is 0 Å². The van der Waals surface area contributed by atoms with Crippen LogP contribution in [0.15, 0.2) is 23.1 Å². The smallest absolute Gasteiger partial charge is 0.230 e. The lowest BCUT2D eigenvalue weighted by Gasteiger charge is -2.21. The molecule has 6 heteroatoms. The van der Waals surface area contributed by atoms with Crippen LogP contribution in [0.25, 0.3) is 0 Å². The van der Waals surface area contributed by atoms with E-state index in [0.717, 1.165) is 31.0 Å². The number of ether oxygens (including phenoxy) is 1. The lowest BCUT2D eigenvalue weighted by Crippen LogP contribution is -2.27. The van der Waals surface area contributed by atoms with Gasteiger partial charge in [0.2, 0.25) is 5.91 Å². The third-order valence-corrected chi connectivity index (χ3v) is 5.29. The molecule has 0 saturated heterocycles. The molecule has 1 saturated carbocycles. The number of carbonyl (C=O) groups excluding carboxylic acids is 2. The molecule has 0 heterocycles. The summed E-state index contributed by atoms with van der Waals surface area (Å²) in [5, 5.41) is 2.82. The molecule has 0 spiro atoms. The van der Waals surface area contributed by atoms with Gasteiger partial charge in [0, 0.05) is 23.6 Å². The van der Waals surface area contributed by atoms with Crippen molar-refractivity contribution in [2.75, 3.05) is 18.9 Å². The van der Waals surface area contributed by atoms with E-state index >= 15 is 0 Å². The molecule has 1 fully saturated rings. The summed E-state index contributed by atoms with van der Waals surface area (Å²) in [6.07, 6.45) is 7.29. The third kappa shape index (κ3) is 7.16. The first-order chi connectivity index (χ1) is 12.1. The second-order valence-corrected chi connectivity index (χ2v) is 7.34. The number of amides is 1. The minimum absolute atomic E-state index is 0.127. The summed E-state index contributed by atoms with van der Waals surface area (Å²) >= 11 is 1.13. The van der Waals surface area contributed by atoms with E-state index in [1.54, 1.807) is 12.1 Å². The van der Waals surface area contributed by atoms with Gasteiger partial charge in [0.1, 0.15) is 5.82 Å². The second kappa shape index (κ2) is 10.6. The van der Waals surface area contributed by atoms with Gasteiger partial charge in [-0.2, -0.15) is 0 Å². The van der Waals surface area contributed by atoms with Gasteiger partial charge >= 0.3 is 0 Å². The van der Waals surface area contributed by atoms with Crippen molar-refractivity contribution in [1.29, 1.82) is 0 Å². The molecule has 1 aromatic rings. The first-order valence-electron chi connectivity index (χ1n) is 8.88. The predicted octanol–water partition coefficient (Wildman–Crippen LogP) is 3.98. The largest absolute Gasteiger partial charge is 0.378 e. The molecule has 2 rings (SSSR count). The number of nitrogens with one attached hydrogen (secondary N) is 1. The summed E-state index contributed by atoms with van der Waals surface area (Å²) in [5.74, 6) is -0.618. The van der Waals surface area contributed by atoms with Crippen LogP contribution in [0.1, 0.15) is 55.8 Å². The van der Waals surface area contributed by atoms with Gasteiger partial charge in [0.15, 0.2) is 5.78 Å². The van der Waals surface area contributed by atoms with E-state index < -0.39 is 5.82 Å². The number of hydrogen-bond acceptors (Lipinski definition) is 4. The Labute approximate surface area is 152 Å². The number of carbonyl (C=O) groups is 2. The van der Waals surface area contributed by atoms with Gasteiger partial charge in [-0.15, -0.1) is 11.8 Å². The molecule has 0 unspecified atom stereocenters. The number of ketones is 1. The van der Waals surface area contributed by atoms with Crippen LogP contribution in [0.4, 0.5) is 4.39 Å². The molecular formula is C19H26FNO3S. The minimum atomic E-state index is -0.466. The lowest BCUT2D eigenvalue weighted by atomic mass is 9.98. The van der Waals surface area contributed by atoms with Gasteiger partial charge in [-0.05, 0) is 38.3 Å². The molecule has 0 aromatic heterocycles. The summed E-state index contributed by atoms with van der Waals surface area (Å²) in [4.78, 5) is 23.4. The predicted molar refractivity (Wildman–Crippen MR) is 97.6 cm³/mol. The molecule has 4 nitrogen and oxygen atoms in total. The average Bonchev–Trinajstić information content (AvgIpc) is 2.61. The highest BCUT2D eigenvalue weighted by Gasteiger charge is 2.13. The first kappa shape index (κ1) is 19.9. The van der Waals surface area contributed by atoms with E-state index in [4.69, 9.17) is 4.74 Å². The van der Waals surface area contributed by atoms with Gasteiger partial charge in [-0.25, -0.2) is 4.39 Å². The van der Waals surface area contributed by atoms with Gasteiger partial charge in [-0.3, -0.25) is 9.59 Å². The average molecular weight is 367 g/mol. The Balaban J connectivity index is 1.60. The fourth-order valence-electron chi connectivity index (χ4n) is 2.81. The van der Waals surface area contributed by atoms with Gasteiger partial charge < -0.3 is 10.1 Å². The van der Waals surface area contributed by atoms with Crippen molar-refractivity contribution >= 4 is 23.5 Å². The van der Waals surface area contributed by atoms with Crippen molar-refractivity contribution < 1.29 is 18.7 Å². The zero-order chi connectivity index (χ0) is 18.1. The topological polar surface area (TPSA) is 55.4 Å². The number of thioether (sulfide) groups is 1. The maximum atomic E-state index is 13.9. The molecule has 1 aromatic carbocycles. The van der Waals surface area contributed by atoms with E-state index in [1.807, 2.05) is 0 Å². The zero-order valence-electron chi connectivity index (χ0n) is 14.7. The molecule has 1 amide bonds. The van der Waals surface area contributed by atoms with E-state index in [0.29, 0.717) is 29.7 Å². The Morgan fingerprint density at radius 2 is 2.04 bits per heavy atom. The Kier molecular flexibility index (Phi) is 8.41. The zero-order valence-corrected chi connectivity index (χ0v) is 15.5. The number of rotatable bonds is 9. The summed E-state index contributed by atoms with van der Waals surface area (Å²) < 4.78 is 19.7. The normalized spacial score (nSPS) is 15.1. The van der Waals surface area contributed by atoms with Crippen LogP contribution in [0.5, 0.6) is 0 Å². The maximum Gasteiger partial charge on any atom is 0.230 e. The Hall–Kier alpha value is -1.40. The quantitative estimate of drug-likeness (QED) is 0.408. The third-order valence-electron chi connectivity index (χ3n) is 4.25. The summed E-state index contributed by atoms with van der Waals surface area (Å²) in [6, 6.07) is 4.33. The molecule has 0 atom stereocenters. The fraction of sp³-hybridized carbons (Fsp3) is 0.579. The van der Waals surface area contributed by atoms with Crippen molar-refractivity contribution in [3.05, 3.63) is 29.6 Å². The van der Waals surface area contributed by atoms with Crippen LogP contribution >= 0.6 is 11.8 Å². The Bertz CT molecular complexity index is 588. The number of halogens is 1. The highest BCUT2D eigenvalue weighted by Crippen LogP contribution is 2.23. The molecule has 1 aliphatic rings. The van der Waals surface area contributed by atoms with Crippen molar-refractivity contribution in [3.8, 4) is 0 Å². The molecule has 0 radical (unpaired) electrons. The van der Waals surface area contributed by atoms with Crippen molar-refractivity contribution in [3.63, 3.8) is 0 Å². The maximum absolute atomic E-state index is 13.9. The summed E-state index contributed by atoms with van der Waals surface area (Å²) in [5.41, 5.74) is 0.337. The van der Waals surface area contributed by atoms with E-state index in [1.165, 1.54) is 32.3 Å². The molecule has 138 valence electrons. The minimum Gasteiger partial charge on any atom is -0.378 e. The molecular weight excluding hydrogens is 341 g/mol. The van der Waals surface area contributed by atoms with Crippen LogP contribution in [0, 0.1) is 5.82 Å². The lowest BCUT2D eigenvalue weighted by molar-refractivity contribution is -0.118. The number of Topliss-reactive ketones (excluding diaryl/α,β-unsaturated/α-hetero) is 1. The highest BCUT2D eigenvalue weighted by molar-refractivity contribution is 8.00. The summed E-state index contributed by atoms with van der Waals surface area (Å²) in [6.45, 7) is 2.63. The van der Waals surface area contributed by atoms with Crippen LogP contribution in [-0.2, 0) is 9.53 Å². The standard InChI is InChI=1S/C19H26FNO3S/c1-14(22)15-8-9-18(17(20)12-15)25-13-19(23)21-10-5-11-24-16-6-3-2-4-7-16/h8-9,12,16H,2-7,10-11,13H2,1H3,(H,21,23).